The number of rotatable bonds is 7. The fourth-order valence-electron chi connectivity index (χ4n) is 3.80. The molecule has 136 valence electrons. The number of carbonyl (C=O) groups excluding carboxylic acids is 1. The van der Waals surface area contributed by atoms with Crippen LogP contribution in [-0.4, -0.2) is 60.0 Å². The topological polar surface area (TPSA) is 73.6 Å². The van der Waals surface area contributed by atoms with Gasteiger partial charge < -0.3 is 10.2 Å². The summed E-state index contributed by atoms with van der Waals surface area (Å²) in [6, 6.07) is 0.0617. The molecule has 2 atom stereocenters. The van der Waals surface area contributed by atoms with E-state index < -0.39 is 0 Å². The Bertz CT molecular complexity index is 487. The minimum Gasteiger partial charge on any atom is -0.375 e. The molecule has 7 heteroatoms. The molecule has 6 nitrogen and oxygen atoms in total. The SMILES string of the molecule is C=CC(NN)C(C)C/C(=C\CCl)N1CCC2(CC1)C(=O)NCN2C. The van der Waals surface area contributed by atoms with Crippen molar-refractivity contribution in [1.82, 2.24) is 20.5 Å². The summed E-state index contributed by atoms with van der Waals surface area (Å²) < 4.78 is 0. The molecule has 2 unspecified atom stereocenters. The first-order valence-electron chi connectivity index (χ1n) is 8.56. The molecular formula is C17H30ClN5O. The number of likely N-dealkylation sites (tertiary alicyclic amines) is 1. The number of likely N-dealkylation sites (N-methyl/N-ethyl adjacent to an activating group) is 1. The van der Waals surface area contributed by atoms with E-state index in [0.29, 0.717) is 18.5 Å². The van der Waals surface area contributed by atoms with Crippen LogP contribution in [0.4, 0.5) is 0 Å². The van der Waals surface area contributed by atoms with Gasteiger partial charge >= 0.3 is 0 Å². The van der Waals surface area contributed by atoms with Gasteiger partial charge in [0, 0.05) is 30.7 Å². The Morgan fingerprint density at radius 1 is 1.54 bits per heavy atom. The van der Waals surface area contributed by atoms with Crippen LogP contribution in [-0.2, 0) is 4.79 Å². The van der Waals surface area contributed by atoms with Crippen molar-refractivity contribution in [3.8, 4) is 0 Å². The lowest BCUT2D eigenvalue weighted by atomic mass is 9.85. The van der Waals surface area contributed by atoms with Crippen LogP contribution in [0.15, 0.2) is 24.4 Å². The molecular weight excluding hydrogens is 326 g/mol. The van der Waals surface area contributed by atoms with Crippen LogP contribution in [0.25, 0.3) is 0 Å². The summed E-state index contributed by atoms with van der Waals surface area (Å²) in [5, 5.41) is 2.96. The number of piperidine rings is 1. The number of halogens is 1. The molecule has 0 aliphatic carbocycles. The molecule has 1 spiro atoms. The predicted molar refractivity (Wildman–Crippen MR) is 98.2 cm³/mol. The Hall–Kier alpha value is -1.08. The lowest BCUT2D eigenvalue weighted by Crippen LogP contribution is -2.54. The minimum atomic E-state index is -0.337. The van der Waals surface area contributed by atoms with Crippen molar-refractivity contribution < 1.29 is 4.79 Å². The molecule has 2 heterocycles. The zero-order chi connectivity index (χ0) is 17.7. The molecule has 1 amide bonds. The molecule has 0 radical (unpaired) electrons. The maximum absolute atomic E-state index is 12.3. The van der Waals surface area contributed by atoms with E-state index in [-0.39, 0.29) is 17.5 Å². The molecule has 24 heavy (non-hydrogen) atoms. The van der Waals surface area contributed by atoms with Crippen LogP contribution in [0.3, 0.4) is 0 Å². The number of hydrazine groups is 1. The van der Waals surface area contributed by atoms with Gasteiger partial charge in [0.25, 0.3) is 0 Å². The molecule has 4 N–H and O–H groups in total. The summed E-state index contributed by atoms with van der Waals surface area (Å²) in [5.74, 6) is 6.56. The molecule has 0 aromatic heterocycles. The maximum Gasteiger partial charge on any atom is 0.241 e. The number of amides is 1. The third-order valence-corrected chi connectivity index (χ3v) is 5.68. The van der Waals surface area contributed by atoms with E-state index in [1.54, 1.807) is 0 Å². The quantitative estimate of drug-likeness (QED) is 0.275. The number of alkyl halides is 1. The number of nitrogens with two attached hydrogens (primary N) is 1. The van der Waals surface area contributed by atoms with Crippen LogP contribution >= 0.6 is 11.6 Å². The van der Waals surface area contributed by atoms with Crippen molar-refractivity contribution in [3.63, 3.8) is 0 Å². The summed E-state index contributed by atoms with van der Waals surface area (Å²) in [7, 11) is 2.02. The third-order valence-electron chi connectivity index (χ3n) is 5.53. The van der Waals surface area contributed by atoms with E-state index >= 15 is 0 Å². The van der Waals surface area contributed by atoms with Crippen molar-refractivity contribution in [1.29, 1.82) is 0 Å². The fourth-order valence-corrected chi connectivity index (χ4v) is 3.98. The molecule has 2 fully saturated rings. The van der Waals surface area contributed by atoms with Crippen LogP contribution < -0.4 is 16.6 Å². The number of carbonyl (C=O) groups is 1. The zero-order valence-electron chi connectivity index (χ0n) is 14.7. The lowest BCUT2D eigenvalue weighted by Gasteiger charge is -2.43. The van der Waals surface area contributed by atoms with E-state index in [1.165, 1.54) is 5.70 Å². The van der Waals surface area contributed by atoms with Crippen LogP contribution in [0.1, 0.15) is 26.2 Å². The van der Waals surface area contributed by atoms with Crippen LogP contribution in [0, 0.1) is 5.92 Å². The molecule has 2 aliphatic rings. The van der Waals surface area contributed by atoms with E-state index in [0.717, 1.165) is 32.4 Å². The average molecular weight is 356 g/mol. The van der Waals surface area contributed by atoms with Crippen molar-refractivity contribution in [2.45, 2.75) is 37.8 Å². The van der Waals surface area contributed by atoms with Gasteiger partial charge in [0.1, 0.15) is 5.54 Å². The summed E-state index contributed by atoms with van der Waals surface area (Å²) in [6.45, 7) is 8.35. The predicted octanol–water partition coefficient (Wildman–Crippen LogP) is 1.01. The highest BCUT2D eigenvalue weighted by molar-refractivity contribution is 6.18. The Labute approximate surface area is 150 Å². The summed E-state index contributed by atoms with van der Waals surface area (Å²) in [5.41, 5.74) is 3.69. The maximum atomic E-state index is 12.3. The highest BCUT2D eigenvalue weighted by Gasteiger charge is 2.48. The van der Waals surface area contributed by atoms with E-state index in [2.05, 4.69) is 40.1 Å². The number of hydrogen-bond acceptors (Lipinski definition) is 5. The van der Waals surface area contributed by atoms with Gasteiger partial charge in [-0.3, -0.25) is 21.0 Å². The van der Waals surface area contributed by atoms with Crippen molar-refractivity contribution in [2.24, 2.45) is 11.8 Å². The van der Waals surface area contributed by atoms with Crippen molar-refractivity contribution in [2.75, 3.05) is 32.7 Å². The first-order chi connectivity index (χ1) is 11.5. The highest BCUT2D eigenvalue weighted by Crippen LogP contribution is 2.33. The summed E-state index contributed by atoms with van der Waals surface area (Å²) in [6.07, 6.45) is 6.46. The monoisotopic (exact) mass is 355 g/mol. The lowest BCUT2D eigenvalue weighted by molar-refractivity contribution is -0.128. The van der Waals surface area contributed by atoms with Gasteiger partial charge in [-0.2, -0.15) is 0 Å². The van der Waals surface area contributed by atoms with Gasteiger partial charge in [-0.05, 0) is 32.2 Å². The minimum absolute atomic E-state index is 0.0617. The summed E-state index contributed by atoms with van der Waals surface area (Å²) >= 11 is 5.98. The van der Waals surface area contributed by atoms with E-state index in [9.17, 15) is 4.79 Å². The van der Waals surface area contributed by atoms with Gasteiger partial charge in [0.15, 0.2) is 0 Å². The van der Waals surface area contributed by atoms with E-state index in [1.807, 2.05) is 13.1 Å². The van der Waals surface area contributed by atoms with Gasteiger partial charge in [0.2, 0.25) is 5.91 Å². The third kappa shape index (κ3) is 3.77. The molecule has 2 saturated heterocycles. The second kappa shape index (κ2) is 8.34. The number of nitrogens with zero attached hydrogens (tertiary/aromatic N) is 2. The zero-order valence-corrected chi connectivity index (χ0v) is 15.5. The smallest absolute Gasteiger partial charge is 0.241 e. The van der Waals surface area contributed by atoms with E-state index in [4.69, 9.17) is 17.4 Å². The Morgan fingerprint density at radius 3 is 2.67 bits per heavy atom. The van der Waals surface area contributed by atoms with Crippen LogP contribution in [0.5, 0.6) is 0 Å². The Kier molecular flexibility index (Phi) is 6.69. The molecule has 0 aromatic rings. The molecule has 0 bridgehead atoms. The summed E-state index contributed by atoms with van der Waals surface area (Å²) in [4.78, 5) is 16.8. The Morgan fingerprint density at radius 2 is 2.21 bits per heavy atom. The first kappa shape index (κ1) is 19.2. The normalized spacial score (nSPS) is 24.1. The largest absolute Gasteiger partial charge is 0.375 e. The molecule has 2 rings (SSSR count). The highest BCUT2D eigenvalue weighted by atomic mass is 35.5. The van der Waals surface area contributed by atoms with Gasteiger partial charge in [-0.1, -0.05) is 19.1 Å². The average Bonchev–Trinajstić information content (AvgIpc) is 2.85. The second-order valence-corrected chi connectivity index (χ2v) is 7.15. The van der Waals surface area contributed by atoms with Crippen LogP contribution in [0.2, 0.25) is 0 Å². The molecule has 0 saturated carbocycles. The first-order valence-corrected chi connectivity index (χ1v) is 9.10. The van der Waals surface area contributed by atoms with Gasteiger partial charge in [-0.15, -0.1) is 18.2 Å². The number of allylic oxidation sites excluding steroid dienone is 2. The van der Waals surface area contributed by atoms with Crippen molar-refractivity contribution >= 4 is 17.5 Å². The second-order valence-electron chi connectivity index (χ2n) is 6.84. The number of nitrogens with one attached hydrogen (secondary N) is 2. The Balaban J connectivity index is 2.02. The fraction of sp³-hybridized carbons (Fsp3) is 0.706. The van der Waals surface area contributed by atoms with Gasteiger partial charge in [-0.25, -0.2) is 0 Å². The number of hydrogen-bond donors (Lipinski definition) is 3. The van der Waals surface area contributed by atoms with Gasteiger partial charge in [0.05, 0.1) is 6.67 Å². The molecule has 0 aromatic carbocycles. The molecule has 2 aliphatic heterocycles. The standard InChI is InChI=1S/C17H30ClN5O/c1-4-15(21-19)13(2)11-14(5-8-18)23-9-6-17(7-10-23)16(24)20-12-22(17)3/h4-5,13,15,21H,1,6-12,19H2,2-3H3,(H,20,24)/b14-5+. The van der Waals surface area contributed by atoms with Crippen molar-refractivity contribution in [3.05, 3.63) is 24.4 Å².